The molecule has 4 rings (SSSR count). The Labute approximate surface area is 213 Å². The third-order valence-corrected chi connectivity index (χ3v) is 6.25. The van der Waals surface area contributed by atoms with E-state index < -0.39 is 29.5 Å². The molecule has 0 aliphatic heterocycles. The summed E-state index contributed by atoms with van der Waals surface area (Å²) in [5.74, 6) is 0.0538. The van der Waals surface area contributed by atoms with Crippen molar-refractivity contribution in [2.45, 2.75) is 70.6 Å². The molecule has 11 heteroatoms. The molecule has 1 unspecified atom stereocenters. The van der Waals surface area contributed by atoms with E-state index in [1.165, 1.54) is 29.1 Å². The zero-order chi connectivity index (χ0) is 26.6. The molecule has 0 spiro atoms. The molecule has 37 heavy (non-hydrogen) atoms. The molecule has 1 aliphatic carbocycles. The first-order chi connectivity index (χ1) is 17.6. The number of nitrogens with zero attached hydrogens (tertiary/aromatic N) is 4. The molecule has 1 atom stereocenters. The number of carbonyl (C=O) groups excluding carboxylic acids is 1. The van der Waals surface area contributed by atoms with Crippen molar-refractivity contribution in [1.29, 1.82) is 0 Å². The van der Waals surface area contributed by atoms with Crippen LogP contribution in [0.2, 0.25) is 0 Å². The van der Waals surface area contributed by atoms with Gasteiger partial charge in [-0.3, -0.25) is 14.3 Å². The van der Waals surface area contributed by atoms with Crippen molar-refractivity contribution in [1.82, 2.24) is 19.6 Å². The number of benzene rings is 1. The van der Waals surface area contributed by atoms with Gasteiger partial charge in [0.2, 0.25) is 0 Å². The fourth-order valence-electron chi connectivity index (χ4n) is 4.57. The molecule has 1 aromatic carbocycles. The van der Waals surface area contributed by atoms with Crippen molar-refractivity contribution in [3.8, 4) is 11.5 Å². The van der Waals surface area contributed by atoms with E-state index in [0.717, 1.165) is 36.4 Å². The summed E-state index contributed by atoms with van der Waals surface area (Å²) in [5.41, 5.74) is -1.86. The van der Waals surface area contributed by atoms with Gasteiger partial charge < -0.3 is 15.2 Å². The Bertz CT molecular complexity index is 1280. The molecule has 2 N–H and O–H groups in total. The molecule has 1 aliphatic rings. The molecule has 0 radical (unpaired) electrons. The number of para-hydroxylation sites is 1. The van der Waals surface area contributed by atoms with Crippen molar-refractivity contribution < 1.29 is 23.4 Å². The third-order valence-electron chi connectivity index (χ3n) is 6.25. The van der Waals surface area contributed by atoms with Gasteiger partial charge in [-0.1, -0.05) is 37.8 Å². The predicted octanol–water partition coefficient (Wildman–Crippen LogP) is 4.70. The highest BCUT2D eigenvalue weighted by molar-refractivity contribution is 5.92. The van der Waals surface area contributed by atoms with Crippen LogP contribution in [0.3, 0.4) is 0 Å². The Kier molecular flexibility index (Phi) is 8.01. The first kappa shape index (κ1) is 26.5. The molecule has 2 aromatic heterocycles. The van der Waals surface area contributed by atoms with Gasteiger partial charge in [0.05, 0.1) is 23.9 Å². The Morgan fingerprint density at radius 1 is 1.24 bits per heavy atom. The first-order valence-corrected chi connectivity index (χ1v) is 12.3. The molecule has 0 bridgehead atoms. The summed E-state index contributed by atoms with van der Waals surface area (Å²) >= 11 is 0. The van der Waals surface area contributed by atoms with Crippen molar-refractivity contribution in [2.24, 2.45) is 5.92 Å². The number of carbonyl (C=O) groups is 1. The normalized spacial score (nSPS) is 15.2. The molecule has 9 nitrogen and oxygen atoms in total. The maximum Gasteiger partial charge on any atom is 0.271 e. The highest BCUT2D eigenvalue weighted by Crippen LogP contribution is 2.33. The number of anilines is 1. The van der Waals surface area contributed by atoms with E-state index in [9.17, 15) is 23.5 Å². The maximum atomic E-state index is 13.3. The molecule has 198 valence electrons. The fourth-order valence-corrected chi connectivity index (χ4v) is 4.57. The molecule has 2 heterocycles. The number of alkyl halides is 2. The summed E-state index contributed by atoms with van der Waals surface area (Å²) in [6.07, 6.45) is 4.64. The first-order valence-electron chi connectivity index (χ1n) is 12.3. The van der Waals surface area contributed by atoms with Crippen LogP contribution in [-0.4, -0.2) is 36.2 Å². The van der Waals surface area contributed by atoms with E-state index in [2.05, 4.69) is 15.5 Å². The average Bonchev–Trinajstić information content (AvgIpc) is 3.49. The minimum Gasteiger partial charge on any atom is -0.455 e. The fraction of sp³-hybridized carbons (Fsp3) is 0.462. The van der Waals surface area contributed by atoms with Crippen molar-refractivity contribution in [2.75, 3.05) is 5.32 Å². The Morgan fingerprint density at radius 2 is 1.97 bits per heavy atom. The lowest BCUT2D eigenvalue weighted by molar-refractivity contribution is -0.120. The van der Waals surface area contributed by atoms with Crippen molar-refractivity contribution in [3.63, 3.8) is 0 Å². The van der Waals surface area contributed by atoms with Gasteiger partial charge in [0.1, 0.15) is 11.8 Å². The molecule has 1 fully saturated rings. The van der Waals surface area contributed by atoms with Crippen LogP contribution in [0.15, 0.2) is 53.6 Å². The summed E-state index contributed by atoms with van der Waals surface area (Å²) in [4.78, 5) is 26.3. The van der Waals surface area contributed by atoms with Crippen LogP contribution in [0.4, 0.5) is 14.6 Å². The van der Waals surface area contributed by atoms with Crippen molar-refractivity contribution in [3.05, 3.63) is 64.7 Å². The minimum atomic E-state index is -2.74. The van der Waals surface area contributed by atoms with Gasteiger partial charge in [-0.25, -0.2) is 13.5 Å². The van der Waals surface area contributed by atoms with E-state index in [1.807, 2.05) is 0 Å². The molecular weight excluding hydrogens is 484 g/mol. The zero-order valence-electron chi connectivity index (χ0n) is 20.8. The van der Waals surface area contributed by atoms with Gasteiger partial charge in [0.25, 0.3) is 17.9 Å². The smallest absolute Gasteiger partial charge is 0.271 e. The van der Waals surface area contributed by atoms with Gasteiger partial charge in [0.15, 0.2) is 11.6 Å². The van der Waals surface area contributed by atoms with E-state index in [-0.39, 0.29) is 29.5 Å². The molecule has 1 amide bonds. The Balaban J connectivity index is 1.55. The van der Waals surface area contributed by atoms with Crippen LogP contribution in [0.5, 0.6) is 11.5 Å². The largest absolute Gasteiger partial charge is 0.455 e. The number of ether oxygens (including phenoxy) is 1. The van der Waals surface area contributed by atoms with Crippen molar-refractivity contribution >= 4 is 11.7 Å². The second kappa shape index (κ2) is 11.2. The second-order valence-electron chi connectivity index (χ2n) is 10.0. The van der Waals surface area contributed by atoms with Crippen LogP contribution in [0, 0.1) is 5.92 Å². The van der Waals surface area contributed by atoms with Crippen LogP contribution in [-0.2, 0) is 11.3 Å². The number of amides is 1. The summed E-state index contributed by atoms with van der Waals surface area (Å²) < 4.78 is 34.8. The number of aromatic nitrogens is 4. The number of aliphatic hydroxyl groups is 1. The number of hydrogen-bond donors (Lipinski definition) is 2. The molecule has 1 saturated carbocycles. The standard InChI is InChI=1S/C26H31F2N5O4/c1-26(2,36)16-32-12-11-22(31-32)30-25(35)20(13-17-7-3-4-8-17)33-23(34)14-18(15-29-33)37-21-10-6-5-9-19(21)24(27)28/h5-6,9-12,14-15,17,20,24,36H,3-4,7-8,13,16H2,1-2H3,(H,30,31,35). The minimum absolute atomic E-state index is 0.000245. The van der Waals surface area contributed by atoms with E-state index in [0.29, 0.717) is 12.2 Å². The second-order valence-corrected chi connectivity index (χ2v) is 10.0. The van der Waals surface area contributed by atoms with E-state index >= 15 is 0 Å². The topological polar surface area (TPSA) is 111 Å². The Morgan fingerprint density at radius 3 is 2.65 bits per heavy atom. The summed E-state index contributed by atoms with van der Waals surface area (Å²) in [7, 11) is 0. The summed E-state index contributed by atoms with van der Waals surface area (Å²) in [5, 5.41) is 21.2. The highest BCUT2D eigenvalue weighted by Gasteiger charge is 2.29. The molecular formula is C26H31F2N5O4. The van der Waals surface area contributed by atoms with E-state index in [1.54, 1.807) is 32.2 Å². The van der Waals surface area contributed by atoms with Crippen LogP contribution in [0.25, 0.3) is 0 Å². The SMILES string of the molecule is CC(C)(O)Cn1ccc(NC(=O)C(CC2CCCC2)n2ncc(Oc3ccccc3C(F)F)cc2=O)n1. The lowest BCUT2D eigenvalue weighted by atomic mass is 9.98. The zero-order valence-corrected chi connectivity index (χ0v) is 20.8. The van der Waals surface area contributed by atoms with Gasteiger partial charge >= 0.3 is 0 Å². The average molecular weight is 516 g/mol. The number of rotatable bonds is 10. The van der Waals surface area contributed by atoms with Crippen LogP contribution in [0.1, 0.15) is 64.0 Å². The quantitative estimate of drug-likeness (QED) is 0.405. The number of halogens is 2. The van der Waals surface area contributed by atoms with Crippen LogP contribution >= 0.6 is 0 Å². The number of nitrogens with one attached hydrogen (secondary N) is 1. The highest BCUT2D eigenvalue weighted by atomic mass is 19.3. The molecule has 3 aromatic rings. The van der Waals surface area contributed by atoms with Gasteiger partial charge in [-0.15, -0.1) is 0 Å². The number of hydrogen-bond acceptors (Lipinski definition) is 6. The third kappa shape index (κ3) is 7.00. The summed E-state index contributed by atoms with van der Waals surface area (Å²) in [6, 6.07) is 7.54. The van der Waals surface area contributed by atoms with Gasteiger partial charge in [-0.05, 0) is 38.3 Å². The van der Waals surface area contributed by atoms with Crippen LogP contribution < -0.4 is 15.6 Å². The van der Waals surface area contributed by atoms with E-state index in [4.69, 9.17) is 4.74 Å². The van der Waals surface area contributed by atoms with Gasteiger partial charge in [-0.2, -0.15) is 10.2 Å². The molecule has 0 saturated heterocycles. The maximum absolute atomic E-state index is 13.3. The lowest BCUT2D eigenvalue weighted by Gasteiger charge is -2.21. The summed E-state index contributed by atoms with van der Waals surface area (Å²) in [6.45, 7) is 3.55. The lowest BCUT2D eigenvalue weighted by Crippen LogP contribution is -2.36. The predicted molar refractivity (Wildman–Crippen MR) is 133 cm³/mol. The van der Waals surface area contributed by atoms with Gasteiger partial charge in [0, 0.05) is 18.3 Å². The Hall–Kier alpha value is -3.60. The monoisotopic (exact) mass is 515 g/mol.